The van der Waals surface area contributed by atoms with Gasteiger partial charge in [0.05, 0.1) is 0 Å². The van der Waals surface area contributed by atoms with Gasteiger partial charge in [-0.1, -0.05) is 37.1 Å². The van der Waals surface area contributed by atoms with Gasteiger partial charge < -0.3 is 0 Å². The molecule has 0 saturated heterocycles. The minimum absolute atomic E-state index is 0.538. The first-order chi connectivity index (χ1) is 8.26. The second-order valence-electron chi connectivity index (χ2n) is 5.28. The Balaban J connectivity index is 1.85. The standard InChI is InChI=1S/C15H22S2/c1-13-6-2-3-7-14(13)10-17-12-15(11-16)8-4-5-9-15/h2-3,6-7,16H,4-5,8-12H2,1H3. The van der Waals surface area contributed by atoms with Crippen LogP contribution in [0.25, 0.3) is 0 Å². The van der Waals surface area contributed by atoms with E-state index in [1.165, 1.54) is 42.6 Å². The Morgan fingerprint density at radius 1 is 1.24 bits per heavy atom. The summed E-state index contributed by atoms with van der Waals surface area (Å²) >= 11 is 6.66. The van der Waals surface area contributed by atoms with Crippen LogP contribution >= 0.6 is 24.4 Å². The van der Waals surface area contributed by atoms with Crippen LogP contribution in [0.1, 0.15) is 36.8 Å². The van der Waals surface area contributed by atoms with E-state index >= 15 is 0 Å². The monoisotopic (exact) mass is 266 g/mol. The molecule has 2 rings (SSSR count). The van der Waals surface area contributed by atoms with Gasteiger partial charge in [-0.05, 0) is 42.1 Å². The van der Waals surface area contributed by atoms with Crippen molar-refractivity contribution in [1.29, 1.82) is 0 Å². The van der Waals surface area contributed by atoms with E-state index in [0.717, 1.165) is 11.5 Å². The number of hydrogen-bond acceptors (Lipinski definition) is 2. The quantitative estimate of drug-likeness (QED) is 0.753. The van der Waals surface area contributed by atoms with Gasteiger partial charge >= 0.3 is 0 Å². The maximum Gasteiger partial charge on any atom is 0.0187 e. The highest BCUT2D eigenvalue weighted by Crippen LogP contribution is 2.42. The highest BCUT2D eigenvalue weighted by atomic mass is 32.2. The highest BCUT2D eigenvalue weighted by Gasteiger charge is 2.32. The molecule has 0 spiro atoms. The third-order valence-electron chi connectivity index (χ3n) is 3.93. The molecule has 0 amide bonds. The van der Waals surface area contributed by atoms with Gasteiger partial charge in [0.15, 0.2) is 0 Å². The van der Waals surface area contributed by atoms with Crippen LogP contribution in [0.4, 0.5) is 0 Å². The minimum Gasteiger partial charge on any atom is -0.179 e. The summed E-state index contributed by atoms with van der Waals surface area (Å²) in [5.74, 6) is 3.50. The van der Waals surface area contributed by atoms with Gasteiger partial charge in [-0.3, -0.25) is 0 Å². The van der Waals surface area contributed by atoms with Gasteiger partial charge in [0, 0.05) is 11.5 Å². The lowest BCUT2D eigenvalue weighted by molar-refractivity contribution is 0.403. The smallest absolute Gasteiger partial charge is 0.0187 e. The molecule has 2 heteroatoms. The van der Waals surface area contributed by atoms with Crippen LogP contribution < -0.4 is 0 Å². The SMILES string of the molecule is Cc1ccccc1CSCC1(CS)CCCC1. The normalized spacial score (nSPS) is 18.5. The van der Waals surface area contributed by atoms with Crippen LogP contribution in [0.2, 0.25) is 0 Å². The molecular weight excluding hydrogens is 244 g/mol. The summed E-state index contributed by atoms with van der Waals surface area (Å²) in [6, 6.07) is 8.73. The molecule has 1 aromatic carbocycles. The predicted molar refractivity (Wildman–Crippen MR) is 82.1 cm³/mol. The average Bonchev–Trinajstić information content (AvgIpc) is 2.81. The summed E-state index contributed by atoms with van der Waals surface area (Å²) in [6.45, 7) is 2.21. The van der Waals surface area contributed by atoms with Crippen LogP contribution in [0.3, 0.4) is 0 Å². The van der Waals surface area contributed by atoms with Crippen LogP contribution in [0, 0.1) is 12.3 Å². The van der Waals surface area contributed by atoms with Gasteiger partial charge in [0.2, 0.25) is 0 Å². The molecule has 94 valence electrons. The molecule has 0 unspecified atom stereocenters. The zero-order valence-corrected chi connectivity index (χ0v) is 12.3. The Kier molecular flexibility index (Phi) is 4.87. The second kappa shape index (κ2) is 6.19. The molecule has 0 radical (unpaired) electrons. The van der Waals surface area contributed by atoms with Crippen molar-refractivity contribution in [2.45, 2.75) is 38.4 Å². The fourth-order valence-corrected chi connectivity index (χ4v) is 4.67. The van der Waals surface area contributed by atoms with E-state index in [1.807, 2.05) is 0 Å². The Morgan fingerprint density at radius 3 is 2.59 bits per heavy atom. The first-order valence-electron chi connectivity index (χ1n) is 6.49. The summed E-state index contributed by atoms with van der Waals surface area (Å²) in [4.78, 5) is 0. The number of hydrogen-bond donors (Lipinski definition) is 1. The lowest BCUT2D eigenvalue weighted by Crippen LogP contribution is -2.21. The number of thioether (sulfide) groups is 1. The first-order valence-corrected chi connectivity index (χ1v) is 8.28. The second-order valence-corrected chi connectivity index (χ2v) is 6.59. The Bertz CT molecular complexity index is 354. The molecule has 1 aliphatic rings. The van der Waals surface area contributed by atoms with Crippen LogP contribution in [0.15, 0.2) is 24.3 Å². The summed E-state index contributed by atoms with van der Waals surface area (Å²) < 4.78 is 0. The van der Waals surface area contributed by atoms with Crippen molar-refractivity contribution in [2.24, 2.45) is 5.41 Å². The number of rotatable bonds is 5. The van der Waals surface area contributed by atoms with E-state index in [-0.39, 0.29) is 0 Å². The third kappa shape index (κ3) is 3.45. The van der Waals surface area contributed by atoms with Gasteiger partial charge in [-0.25, -0.2) is 0 Å². The summed E-state index contributed by atoms with van der Waals surface area (Å²) in [7, 11) is 0. The first kappa shape index (κ1) is 13.4. The van der Waals surface area contributed by atoms with E-state index in [4.69, 9.17) is 0 Å². The molecule has 0 aliphatic heterocycles. The molecule has 0 nitrogen and oxygen atoms in total. The maximum atomic E-state index is 4.57. The van der Waals surface area contributed by atoms with Gasteiger partial charge in [-0.15, -0.1) is 0 Å². The van der Waals surface area contributed by atoms with E-state index in [1.54, 1.807) is 0 Å². The van der Waals surface area contributed by atoms with Crippen molar-refractivity contribution >= 4 is 24.4 Å². The molecule has 0 aromatic heterocycles. The molecule has 0 N–H and O–H groups in total. The zero-order valence-electron chi connectivity index (χ0n) is 10.6. The molecule has 1 aliphatic carbocycles. The van der Waals surface area contributed by atoms with Crippen LogP contribution in [-0.2, 0) is 5.75 Å². The van der Waals surface area contributed by atoms with E-state index in [2.05, 4.69) is 55.6 Å². The average molecular weight is 266 g/mol. The maximum absolute atomic E-state index is 4.57. The van der Waals surface area contributed by atoms with Crippen molar-refractivity contribution in [3.63, 3.8) is 0 Å². The molecule has 1 saturated carbocycles. The van der Waals surface area contributed by atoms with Crippen LogP contribution in [0.5, 0.6) is 0 Å². The lowest BCUT2D eigenvalue weighted by atomic mass is 9.91. The fraction of sp³-hybridized carbons (Fsp3) is 0.600. The molecule has 1 aromatic rings. The number of aryl methyl sites for hydroxylation is 1. The van der Waals surface area contributed by atoms with Gasteiger partial charge in [0.25, 0.3) is 0 Å². The van der Waals surface area contributed by atoms with Gasteiger partial charge in [0.1, 0.15) is 0 Å². The summed E-state index contributed by atoms with van der Waals surface area (Å²) in [6.07, 6.45) is 5.59. The summed E-state index contributed by atoms with van der Waals surface area (Å²) in [5, 5.41) is 0. The predicted octanol–water partition coefficient (Wildman–Crippen LogP) is 4.72. The molecule has 0 bridgehead atoms. The lowest BCUT2D eigenvalue weighted by Gasteiger charge is -2.26. The van der Waals surface area contributed by atoms with Crippen molar-refractivity contribution in [3.8, 4) is 0 Å². The molecule has 0 heterocycles. The van der Waals surface area contributed by atoms with Gasteiger partial charge in [-0.2, -0.15) is 24.4 Å². The van der Waals surface area contributed by atoms with E-state index in [0.29, 0.717) is 5.41 Å². The van der Waals surface area contributed by atoms with E-state index in [9.17, 15) is 0 Å². The Labute approximate surface area is 115 Å². The van der Waals surface area contributed by atoms with Crippen LogP contribution in [-0.4, -0.2) is 11.5 Å². The van der Waals surface area contributed by atoms with Crippen molar-refractivity contribution < 1.29 is 0 Å². The molecular formula is C15H22S2. The van der Waals surface area contributed by atoms with Crippen molar-refractivity contribution in [3.05, 3.63) is 35.4 Å². The highest BCUT2D eigenvalue weighted by molar-refractivity contribution is 7.98. The molecule has 17 heavy (non-hydrogen) atoms. The van der Waals surface area contributed by atoms with Crippen molar-refractivity contribution in [2.75, 3.05) is 11.5 Å². The fourth-order valence-electron chi connectivity index (χ4n) is 2.62. The molecule has 0 atom stereocenters. The molecule has 1 fully saturated rings. The van der Waals surface area contributed by atoms with E-state index < -0.39 is 0 Å². The Morgan fingerprint density at radius 2 is 1.94 bits per heavy atom. The largest absolute Gasteiger partial charge is 0.179 e. The summed E-state index contributed by atoms with van der Waals surface area (Å²) in [5.41, 5.74) is 3.45. The minimum atomic E-state index is 0.538. The third-order valence-corrected chi connectivity index (χ3v) is 5.93. The van der Waals surface area contributed by atoms with Crippen molar-refractivity contribution in [1.82, 2.24) is 0 Å². The zero-order chi connectivity index (χ0) is 12.1. The topological polar surface area (TPSA) is 0 Å². The number of benzene rings is 1. The number of thiol groups is 1. The Hall–Kier alpha value is -0.0800.